The van der Waals surface area contributed by atoms with Crippen LogP contribution in [-0.2, 0) is 0 Å². The highest BCUT2D eigenvalue weighted by Crippen LogP contribution is 2.21. The molecule has 0 bridgehead atoms. The fourth-order valence-electron chi connectivity index (χ4n) is 2.65. The molecule has 0 aliphatic carbocycles. The van der Waals surface area contributed by atoms with Gasteiger partial charge in [-0.3, -0.25) is 0 Å². The number of benzene rings is 1. The Morgan fingerprint density at radius 2 is 1.57 bits per heavy atom. The van der Waals surface area contributed by atoms with Gasteiger partial charge in [-0.05, 0) is 24.9 Å². The van der Waals surface area contributed by atoms with Gasteiger partial charge in [0.2, 0.25) is 0 Å². The van der Waals surface area contributed by atoms with E-state index in [-0.39, 0.29) is 6.04 Å². The molecule has 0 saturated carbocycles. The SMILES string of the molecule is CNC(CN(CC(C)C)CC(C)C)c1cccc(F)c1F. The van der Waals surface area contributed by atoms with E-state index in [0.717, 1.165) is 19.2 Å². The van der Waals surface area contributed by atoms with Crippen molar-refractivity contribution in [2.45, 2.75) is 33.7 Å². The van der Waals surface area contributed by atoms with Gasteiger partial charge in [0, 0.05) is 31.2 Å². The average Bonchev–Trinajstić information content (AvgIpc) is 2.38. The Kier molecular flexibility index (Phi) is 7.26. The third-order valence-corrected chi connectivity index (χ3v) is 3.39. The first kappa shape index (κ1) is 18.1. The van der Waals surface area contributed by atoms with Crippen molar-refractivity contribution in [3.8, 4) is 0 Å². The van der Waals surface area contributed by atoms with Gasteiger partial charge in [-0.1, -0.05) is 39.8 Å². The van der Waals surface area contributed by atoms with E-state index in [1.807, 2.05) is 0 Å². The highest BCUT2D eigenvalue weighted by atomic mass is 19.2. The number of nitrogens with zero attached hydrogens (tertiary/aromatic N) is 1. The fourth-order valence-corrected chi connectivity index (χ4v) is 2.65. The summed E-state index contributed by atoms with van der Waals surface area (Å²) in [5.74, 6) is -0.449. The van der Waals surface area contributed by atoms with Crippen LogP contribution in [0.2, 0.25) is 0 Å². The van der Waals surface area contributed by atoms with E-state index in [4.69, 9.17) is 0 Å². The molecule has 1 aromatic rings. The maximum atomic E-state index is 14.0. The van der Waals surface area contributed by atoms with Gasteiger partial charge in [0.25, 0.3) is 0 Å². The minimum atomic E-state index is -0.785. The number of halogens is 2. The van der Waals surface area contributed by atoms with Crippen molar-refractivity contribution in [1.29, 1.82) is 0 Å². The normalized spacial score (nSPS) is 13.4. The van der Waals surface area contributed by atoms with Crippen LogP contribution in [0.15, 0.2) is 18.2 Å². The molecule has 120 valence electrons. The number of rotatable bonds is 8. The molecule has 0 aliphatic rings. The van der Waals surface area contributed by atoms with Crippen molar-refractivity contribution in [2.75, 3.05) is 26.7 Å². The second-order valence-corrected chi connectivity index (χ2v) is 6.49. The molecule has 21 heavy (non-hydrogen) atoms. The molecular weight excluding hydrogens is 270 g/mol. The van der Waals surface area contributed by atoms with Gasteiger partial charge in [0.15, 0.2) is 11.6 Å². The summed E-state index contributed by atoms with van der Waals surface area (Å²) >= 11 is 0. The Morgan fingerprint density at radius 1 is 1.00 bits per heavy atom. The van der Waals surface area contributed by atoms with Gasteiger partial charge >= 0.3 is 0 Å². The second kappa shape index (κ2) is 8.44. The topological polar surface area (TPSA) is 15.3 Å². The number of nitrogens with one attached hydrogen (secondary N) is 1. The zero-order chi connectivity index (χ0) is 16.0. The maximum Gasteiger partial charge on any atom is 0.163 e. The van der Waals surface area contributed by atoms with E-state index in [0.29, 0.717) is 23.9 Å². The van der Waals surface area contributed by atoms with Gasteiger partial charge in [-0.15, -0.1) is 0 Å². The Bertz CT molecular complexity index is 423. The Hall–Kier alpha value is -1.00. The molecule has 1 unspecified atom stereocenters. The second-order valence-electron chi connectivity index (χ2n) is 6.49. The molecule has 2 nitrogen and oxygen atoms in total. The third-order valence-electron chi connectivity index (χ3n) is 3.39. The quantitative estimate of drug-likeness (QED) is 0.784. The van der Waals surface area contributed by atoms with E-state index in [1.165, 1.54) is 0 Å². The van der Waals surface area contributed by atoms with E-state index in [2.05, 4.69) is 37.9 Å². The van der Waals surface area contributed by atoms with E-state index < -0.39 is 11.6 Å². The summed E-state index contributed by atoms with van der Waals surface area (Å²) in [6, 6.07) is 4.17. The van der Waals surface area contributed by atoms with Crippen molar-refractivity contribution >= 4 is 0 Å². The summed E-state index contributed by atoms with van der Waals surface area (Å²) < 4.78 is 27.4. The minimum Gasteiger partial charge on any atom is -0.312 e. The number of hydrogen-bond donors (Lipinski definition) is 1. The molecule has 1 rings (SSSR count). The van der Waals surface area contributed by atoms with Gasteiger partial charge < -0.3 is 10.2 Å². The van der Waals surface area contributed by atoms with Crippen LogP contribution in [0.4, 0.5) is 8.78 Å². The molecule has 1 aromatic carbocycles. The molecule has 0 aliphatic heterocycles. The van der Waals surface area contributed by atoms with Gasteiger partial charge in [-0.25, -0.2) is 8.78 Å². The van der Waals surface area contributed by atoms with Crippen LogP contribution in [0.1, 0.15) is 39.3 Å². The van der Waals surface area contributed by atoms with Crippen molar-refractivity contribution in [3.05, 3.63) is 35.4 Å². The summed E-state index contributed by atoms with van der Waals surface area (Å²) in [4.78, 5) is 2.32. The predicted octanol–water partition coefficient (Wildman–Crippen LogP) is 3.84. The molecule has 0 fully saturated rings. The lowest BCUT2D eigenvalue weighted by atomic mass is 10.0. The summed E-state index contributed by atoms with van der Waals surface area (Å²) in [5, 5.41) is 3.12. The van der Waals surface area contributed by atoms with Crippen molar-refractivity contribution < 1.29 is 8.78 Å². The first-order valence-electron chi connectivity index (χ1n) is 7.68. The minimum absolute atomic E-state index is 0.210. The average molecular weight is 298 g/mol. The predicted molar refractivity (Wildman–Crippen MR) is 84.3 cm³/mol. The monoisotopic (exact) mass is 298 g/mol. The number of likely N-dealkylation sites (N-methyl/N-ethyl adjacent to an activating group) is 1. The van der Waals surface area contributed by atoms with Gasteiger partial charge in [-0.2, -0.15) is 0 Å². The van der Waals surface area contributed by atoms with Crippen LogP contribution >= 0.6 is 0 Å². The summed E-state index contributed by atoms with van der Waals surface area (Å²) in [7, 11) is 1.79. The standard InChI is InChI=1S/C17H28F2N2/c1-12(2)9-21(10-13(3)4)11-16(20-5)14-7-6-8-15(18)17(14)19/h6-8,12-13,16,20H,9-11H2,1-5H3. The van der Waals surface area contributed by atoms with Crippen molar-refractivity contribution in [3.63, 3.8) is 0 Å². The molecule has 1 N–H and O–H groups in total. The lowest BCUT2D eigenvalue weighted by molar-refractivity contribution is 0.198. The number of hydrogen-bond acceptors (Lipinski definition) is 2. The van der Waals surface area contributed by atoms with Crippen molar-refractivity contribution in [1.82, 2.24) is 10.2 Å². The van der Waals surface area contributed by atoms with Crippen molar-refractivity contribution in [2.24, 2.45) is 11.8 Å². The Labute approximate surface area is 127 Å². The highest BCUT2D eigenvalue weighted by Gasteiger charge is 2.20. The molecule has 0 spiro atoms. The van der Waals surface area contributed by atoms with Crippen LogP contribution < -0.4 is 5.32 Å². The Morgan fingerprint density at radius 3 is 2.05 bits per heavy atom. The summed E-state index contributed by atoms with van der Waals surface area (Å²) in [5.41, 5.74) is 0.398. The van der Waals surface area contributed by atoms with Crippen LogP contribution in [0, 0.1) is 23.5 Å². The van der Waals surface area contributed by atoms with Crippen LogP contribution in [-0.4, -0.2) is 31.6 Å². The van der Waals surface area contributed by atoms with E-state index in [1.54, 1.807) is 19.2 Å². The van der Waals surface area contributed by atoms with Crippen LogP contribution in [0.25, 0.3) is 0 Å². The lowest BCUT2D eigenvalue weighted by Gasteiger charge is -2.30. The zero-order valence-electron chi connectivity index (χ0n) is 13.8. The molecule has 0 amide bonds. The van der Waals surface area contributed by atoms with E-state index in [9.17, 15) is 8.78 Å². The van der Waals surface area contributed by atoms with E-state index >= 15 is 0 Å². The first-order chi connectivity index (χ1) is 9.85. The third kappa shape index (κ3) is 5.71. The lowest BCUT2D eigenvalue weighted by Crippen LogP contribution is -2.38. The zero-order valence-corrected chi connectivity index (χ0v) is 13.8. The Balaban J connectivity index is 2.89. The van der Waals surface area contributed by atoms with Crippen LogP contribution in [0.3, 0.4) is 0 Å². The smallest absolute Gasteiger partial charge is 0.163 e. The molecular formula is C17H28F2N2. The molecule has 0 aromatic heterocycles. The molecule has 0 radical (unpaired) electrons. The molecule has 1 atom stereocenters. The first-order valence-corrected chi connectivity index (χ1v) is 7.68. The summed E-state index contributed by atoms with van der Waals surface area (Å²) in [6.45, 7) is 11.3. The highest BCUT2D eigenvalue weighted by molar-refractivity contribution is 5.22. The molecule has 4 heteroatoms. The maximum absolute atomic E-state index is 14.0. The molecule has 0 saturated heterocycles. The largest absolute Gasteiger partial charge is 0.312 e. The molecule has 0 heterocycles. The van der Waals surface area contributed by atoms with Gasteiger partial charge in [0.1, 0.15) is 0 Å². The van der Waals surface area contributed by atoms with Gasteiger partial charge in [0.05, 0.1) is 0 Å². The fraction of sp³-hybridized carbons (Fsp3) is 0.647. The van der Waals surface area contributed by atoms with Crippen LogP contribution in [0.5, 0.6) is 0 Å². The summed E-state index contributed by atoms with van der Waals surface area (Å²) in [6.07, 6.45) is 0.